The number of piperidine rings is 1. The predicted molar refractivity (Wildman–Crippen MR) is 99.0 cm³/mol. The Hall–Kier alpha value is -2.33. The van der Waals surface area contributed by atoms with Gasteiger partial charge < -0.3 is 5.32 Å². The summed E-state index contributed by atoms with van der Waals surface area (Å²) < 4.78 is 27.2. The minimum absolute atomic E-state index is 0.0193. The number of carbonyl (C=O) groups is 1. The summed E-state index contributed by atoms with van der Waals surface area (Å²) in [6.07, 6.45) is 1.93. The van der Waals surface area contributed by atoms with Gasteiger partial charge in [0.1, 0.15) is 0 Å². The molecule has 1 aromatic heterocycles. The normalized spacial score (nSPS) is 17.6. The number of carbonyl (C=O) groups excluding carboxylic acids is 1. The van der Waals surface area contributed by atoms with Gasteiger partial charge in [-0.3, -0.25) is 4.79 Å². The number of sulfonamides is 1. The van der Waals surface area contributed by atoms with Crippen LogP contribution in [0.15, 0.2) is 29.2 Å². The van der Waals surface area contributed by atoms with Gasteiger partial charge in [-0.15, -0.1) is 10.2 Å². The van der Waals surface area contributed by atoms with Crippen LogP contribution in [0.2, 0.25) is 0 Å². The fraction of sp³-hybridized carbons (Fsp3) is 0.529. The van der Waals surface area contributed by atoms with E-state index in [4.69, 9.17) is 0 Å². The van der Waals surface area contributed by atoms with Crippen molar-refractivity contribution in [2.24, 2.45) is 5.92 Å². The van der Waals surface area contributed by atoms with E-state index in [1.807, 2.05) is 13.8 Å². The second-order valence-corrected chi connectivity index (χ2v) is 8.69. The molecule has 1 aliphatic heterocycles. The van der Waals surface area contributed by atoms with Crippen LogP contribution >= 0.6 is 0 Å². The largest absolute Gasteiger partial charge is 0.353 e. The standard InChI is InChI=1S/C17H24N6O3S/c1-3-12(2)18-17(24)14-8-10-23(11-9-14)27(25,26)15-6-4-13(5-7-15)16-19-21-22-20-16/h4-7,12,14H,3,8-11H2,1-2H3,(H,18,24)(H,19,20,21,22)/t12-/m1/s1. The molecule has 0 bridgehead atoms. The van der Waals surface area contributed by atoms with Crippen molar-refractivity contribution >= 4 is 15.9 Å². The average Bonchev–Trinajstić information content (AvgIpc) is 3.23. The van der Waals surface area contributed by atoms with Crippen LogP contribution in [-0.4, -0.2) is 58.4 Å². The van der Waals surface area contributed by atoms with Gasteiger partial charge in [-0.2, -0.15) is 9.52 Å². The number of hydrogen-bond donors (Lipinski definition) is 2. The lowest BCUT2D eigenvalue weighted by Gasteiger charge is -2.31. The monoisotopic (exact) mass is 392 g/mol. The number of nitrogens with zero attached hydrogens (tertiary/aromatic N) is 4. The van der Waals surface area contributed by atoms with Crippen molar-refractivity contribution in [1.29, 1.82) is 0 Å². The lowest BCUT2D eigenvalue weighted by atomic mass is 9.97. The number of benzene rings is 1. The van der Waals surface area contributed by atoms with Gasteiger partial charge >= 0.3 is 0 Å². The van der Waals surface area contributed by atoms with Crippen molar-refractivity contribution in [3.05, 3.63) is 24.3 Å². The molecule has 1 fully saturated rings. The first kappa shape index (κ1) is 19.4. The Morgan fingerprint density at radius 3 is 2.52 bits per heavy atom. The van der Waals surface area contributed by atoms with E-state index in [1.54, 1.807) is 24.3 Å². The zero-order chi connectivity index (χ0) is 19.4. The zero-order valence-electron chi connectivity index (χ0n) is 15.4. The van der Waals surface area contributed by atoms with Crippen molar-refractivity contribution in [2.45, 2.75) is 44.0 Å². The Morgan fingerprint density at radius 1 is 1.30 bits per heavy atom. The predicted octanol–water partition coefficient (Wildman–Crippen LogP) is 1.18. The summed E-state index contributed by atoms with van der Waals surface area (Å²) in [7, 11) is -3.59. The minimum Gasteiger partial charge on any atom is -0.353 e. The smallest absolute Gasteiger partial charge is 0.243 e. The Kier molecular flexibility index (Phi) is 5.85. The molecule has 0 unspecified atom stereocenters. The maximum Gasteiger partial charge on any atom is 0.243 e. The summed E-state index contributed by atoms with van der Waals surface area (Å²) in [6, 6.07) is 6.54. The number of aromatic nitrogens is 4. The van der Waals surface area contributed by atoms with Crippen molar-refractivity contribution in [3.8, 4) is 11.4 Å². The van der Waals surface area contributed by atoms with Crippen molar-refractivity contribution < 1.29 is 13.2 Å². The van der Waals surface area contributed by atoms with E-state index in [-0.39, 0.29) is 22.8 Å². The zero-order valence-corrected chi connectivity index (χ0v) is 16.2. The maximum atomic E-state index is 12.9. The van der Waals surface area contributed by atoms with Crippen LogP contribution in [0.25, 0.3) is 11.4 Å². The molecule has 3 rings (SSSR count). The number of tetrazole rings is 1. The van der Waals surface area contributed by atoms with Crippen LogP contribution in [0.3, 0.4) is 0 Å². The summed E-state index contributed by atoms with van der Waals surface area (Å²) >= 11 is 0. The van der Waals surface area contributed by atoms with Crippen molar-refractivity contribution in [3.63, 3.8) is 0 Å². The number of rotatable bonds is 6. The van der Waals surface area contributed by atoms with Crippen LogP contribution in [0.1, 0.15) is 33.1 Å². The third kappa shape index (κ3) is 4.33. The molecule has 0 spiro atoms. The number of hydrogen-bond acceptors (Lipinski definition) is 6. The highest BCUT2D eigenvalue weighted by Gasteiger charge is 2.32. The van der Waals surface area contributed by atoms with Gasteiger partial charge in [0, 0.05) is 30.6 Å². The lowest BCUT2D eigenvalue weighted by molar-refractivity contribution is -0.126. The van der Waals surface area contributed by atoms with Gasteiger partial charge in [-0.25, -0.2) is 8.42 Å². The van der Waals surface area contributed by atoms with Crippen molar-refractivity contribution in [2.75, 3.05) is 13.1 Å². The van der Waals surface area contributed by atoms with Gasteiger partial charge in [-0.1, -0.05) is 6.92 Å². The van der Waals surface area contributed by atoms with Crippen LogP contribution in [0, 0.1) is 5.92 Å². The fourth-order valence-electron chi connectivity index (χ4n) is 3.03. The van der Waals surface area contributed by atoms with Gasteiger partial charge in [0.05, 0.1) is 4.90 Å². The molecule has 0 saturated carbocycles. The van der Waals surface area contributed by atoms with E-state index in [1.165, 1.54) is 4.31 Å². The number of nitrogens with one attached hydrogen (secondary N) is 2. The molecule has 1 saturated heterocycles. The highest BCUT2D eigenvalue weighted by molar-refractivity contribution is 7.89. The van der Waals surface area contributed by atoms with Crippen molar-refractivity contribution in [1.82, 2.24) is 30.2 Å². The highest BCUT2D eigenvalue weighted by atomic mass is 32.2. The molecule has 2 N–H and O–H groups in total. The average molecular weight is 392 g/mol. The Balaban J connectivity index is 1.64. The number of H-pyrrole nitrogens is 1. The first-order valence-electron chi connectivity index (χ1n) is 9.06. The summed E-state index contributed by atoms with van der Waals surface area (Å²) in [6.45, 7) is 4.67. The second-order valence-electron chi connectivity index (χ2n) is 6.76. The first-order valence-corrected chi connectivity index (χ1v) is 10.5. The Labute approximate surface area is 158 Å². The van der Waals surface area contributed by atoms with Gasteiger partial charge in [0.15, 0.2) is 0 Å². The minimum atomic E-state index is -3.59. The van der Waals surface area contributed by atoms with E-state index in [2.05, 4.69) is 25.9 Å². The molecule has 1 aromatic carbocycles. The van der Waals surface area contributed by atoms with Crippen LogP contribution < -0.4 is 5.32 Å². The van der Waals surface area contributed by atoms with E-state index in [9.17, 15) is 13.2 Å². The molecule has 146 valence electrons. The fourth-order valence-corrected chi connectivity index (χ4v) is 4.50. The first-order chi connectivity index (χ1) is 12.9. The topological polar surface area (TPSA) is 121 Å². The molecule has 1 amide bonds. The Bertz CT molecular complexity index is 859. The van der Waals surface area contributed by atoms with Crippen LogP contribution in [0.5, 0.6) is 0 Å². The van der Waals surface area contributed by atoms with Gasteiger partial charge in [0.25, 0.3) is 0 Å². The second kappa shape index (κ2) is 8.13. The molecule has 10 heteroatoms. The SMILES string of the molecule is CC[C@@H](C)NC(=O)C1CCN(S(=O)(=O)c2ccc(-c3nn[nH]n3)cc2)CC1. The van der Waals surface area contributed by atoms with E-state index in [0.717, 1.165) is 6.42 Å². The Morgan fingerprint density at radius 2 is 1.96 bits per heavy atom. The molecule has 0 radical (unpaired) electrons. The quantitative estimate of drug-likeness (QED) is 0.761. The third-order valence-electron chi connectivity index (χ3n) is 4.92. The lowest BCUT2D eigenvalue weighted by Crippen LogP contribution is -2.44. The van der Waals surface area contributed by atoms with E-state index >= 15 is 0 Å². The molecule has 2 aromatic rings. The summed E-state index contributed by atoms with van der Waals surface area (Å²) in [5.41, 5.74) is 0.683. The molecule has 1 atom stereocenters. The van der Waals surface area contributed by atoms with Gasteiger partial charge in [-0.05, 0) is 55.7 Å². The number of aromatic amines is 1. The molecular formula is C17H24N6O3S. The van der Waals surface area contributed by atoms with Crippen LogP contribution in [0.4, 0.5) is 0 Å². The summed E-state index contributed by atoms with van der Waals surface area (Å²) in [4.78, 5) is 12.5. The molecular weight excluding hydrogens is 368 g/mol. The van der Waals surface area contributed by atoms with E-state index in [0.29, 0.717) is 37.3 Å². The molecule has 27 heavy (non-hydrogen) atoms. The van der Waals surface area contributed by atoms with E-state index < -0.39 is 10.0 Å². The van der Waals surface area contributed by atoms with Crippen LogP contribution in [-0.2, 0) is 14.8 Å². The summed E-state index contributed by atoms with van der Waals surface area (Å²) in [5, 5.41) is 16.6. The molecule has 2 heterocycles. The maximum absolute atomic E-state index is 12.9. The summed E-state index contributed by atoms with van der Waals surface area (Å²) in [5.74, 6) is 0.295. The third-order valence-corrected chi connectivity index (χ3v) is 6.83. The number of amides is 1. The highest BCUT2D eigenvalue weighted by Crippen LogP contribution is 2.25. The van der Waals surface area contributed by atoms with Gasteiger partial charge in [0.2, 0.25) is 21.8 Å². The molecule has 9 nitrogen and oxygen atoms in total. The molecule has 1 aliphatic rings. The molecule has 0 aliphatic carbocycles.